The largest absolute Gasteiger partial charge is 0.481 e. The predicted octanol–water partition coefficient (Wildman–Crippen LogP) is 1.99. The fourth-order valence-electron chi connectivity index (χ4n) is 2.44. The topological polar surface area (TPSA) is 64.3 Å². The molecular formula is C14H15FN2O2. The molecule has 1 aliphatic rings. The Balaban J connectivity index is 2.11. The molecule has 0 aromatic heterocycles. The lowest BCUT2D eigenvalue weighted by Gasteiger charge is -2.30. The van der Waals surface area contributed by atoms with Crippen molar-refractivity contribution < 1.29 is 14.3 Å². The van der Waals surface area contributed by atoms with Crippen molar-refractivity contribution >= 4 is 5.97 Å². The first-order valence-electron chi connectivity index (χ1n) is 6.24. The number of hydrogen-bond donors (Lipinski definition) is 1. The smallest absolute Gasteiger partial charge is 0.307 e. The molecule has 1 aromatic carbocycles. The van der Waals surface area contributed by atoms with Crippen LogP contribution in [0.1, 0.15) is 24.0 Å². The molecule has 1 heterocycles. The molecule has 1 atom stereocenters. The van der Waals surface area contributed by atoms with E-state index in [1.54, 1.807) is 0 Å². The van der Waals surface area contributed by atoms with E-state index in [4.69, 9.17) is 10.4 Å². The molecule has 5 heteroatoms. The van der Waals surface area contributed by atoms with E-state index >= 15 is 0 Å². The highest BCUT2D eigenvalue weighted by Crippen LogP contribution is 2.20. The fraction of sp³-hybridized carbons (Fsp3) is 0.429. The third kappa shape index (κ3) is 3.30. The first-order valence-corrected chi connectivity index (χ1v) is 6.24. The van der Waals surface area contributed by atoms with Crippen LogP contribution in [0.2, 0.25) is 0 Å². The predicted molar refractivity (Wildman–Crippen MR) is 66.8 cm³/mol. The van der Waals surface area contributed by atoms with Crippen LogP contribution < -0.4 is 0 Å². The zero-order valence-corrected chi connectivity index (χ0v) is 10.5. The molecule has 2 rings (SSSR count). The Hall–Kier alpha value is -1.93. The Morgan fingerprint density at radius 1 is 1.58 bits per heavy atom. The third-order valence-corrected chi connectivity index (χ3v) is 3.44. The minimum atomic E-state index is -0.788. The minimum Gasteiger partial charge on any atom is -0.481 e. The zero-order chi connectivity index (χ0) is 13.8. The highest BCUT2D eigenvalue weighted by atomic mass is 19.1. The summed E-state index contributed by atoms with van der Waals surface area (Å²) in [4.78, 5) is 13.0. The zero-order valence-electron chi connectivity index (χ0n) is 10.5. The van der Waals surface area contributed by atoms with Gasteiger partial charge in [0.25, 0.3) is 0 Å². The van der Waals surface area contributed by atoms with E-state index in [9.17, 15) is 9.18 Å². The van der Waals surface area contributed by atoms with Crippen molar-refractivity contribution in [1.82, 2.24) is 4.90 Å². The summed E-state index contributed by atoms with van der Waals surface area (Å²) in [6, 6.07) is 6.11. The highest BCUT2D eigenvalue weighted by Gasteiger charge is 2.25. The van der Waals surface area contributed by atoms with Crippen molar-refractivity contribution in [2.24, 2.45) is 5.92 Å². The van der Waals surface area contributed by atoms with E-state index in [1.807, 2.05) is 11.0 Å². The first-order chi connectivity index (χ1) is 9.10. The Morgan fingerprint density at radius 3 is 3.05 bits per heavy atom. The van der Waals surface area contributed by atoms with Gasteiger partial charge in [0.15, 0.2) is 0 Å². The number of rotatable bonds is 3. The molecule has 0 radical (unpaired) electrons. The molecule has 0 saturated carbocycles. The van der Waals surface area contributed by atoms with Gasteiger partial charge >= 0.3 is 5.97 Å². The van der Waals surface area contributed by atoms with Crippen LogP contribution in [0.25, 0.3) is 0 Å². The maximum Gasteiger partial charge on any atom is 0.307 e. The van der Waals surface area contributed by atoms with Gasteiger partial charge < -0.3 is 5.11 Å². The van der Waals surface area contributed by atoms with Gasteiger partial charge in [-0.25, -0.2) is 4.39 Å². The number of piperidine rings is 1. The van der Waals surface area contributed by atoms with Crippen molar-refractivity contribution in [2.45, 2.75) is 19.4 Å². The lowest BCUT2D eigenvalue weighted by Crippen LogP contribution is -2.38. The Morgan fingerprint density at radius 2 is 2.37 bits per heavy atom. The molecule has 1 aromatic rings. The summed E-state index contributed by atoms with van der Waals surface area (Å²) in [5.74, 6) is -1.53. The van der Waals surface area contributed by atoms with Gasteiger partial charge in [-0.3, -0.25) is 9.69 Å². The Labute approximate surface area is 111 Å². The molecule has 4 nitrogen and oxygen atoms in total. The molecule has 0 spiro atoms. The number of nitriles is 1. The molecule has 0 amide bonds. The van der Waals surface area contributed by atoms with Crippen molar-refractivity contribution in [3.63, 3.8) is 0 Å². The summed E-state index contributed by atoms with van der Waals surface area (Å²) in [5, 5.41) is 18.0. The SMILES string of the molecule is N#Cc1ccc(F)cc1CN1CCCC(C(=O)O)C1. The van der Waals surface area contributed by atoms with E-state index in [1.165, 1.54) is 18.2 Å². The van der Waals surface area contributed by atoms with Crippen LogP contribution in [0, 0.1) is 23.1 Å². The van der Waals surface area contributed by atoms with E-state index in [0.717, 1.165) is 13.0 Å². The van der Waals surface area contributed by atoms with Crippen LogP contribution in [-0.4, -0.2) is 29.1 Å². The summed E-state index contributed by atoms with van der Waals surface area (Å²) in [5.41, 5.74) is 1.06. The Kier molecular flexibility index (Phi) is 4.13. The number of benzene rings is 1. The number of likely N-dealkylation sites (tertiary alicyclic amines) is 1. The quantitative estimate of drug-likeness (QED) is 0.904. The van der Waals surface area contributed by atoms with Crippen molar-refractivity contribution in [3.05, 3.63) is 35.1 Å². The molecular weight excluding hydrogens is 247 g/mol. The van der Waals surface area contributed by atoms with Crippen molar-refractivity contribution in [1.29, 1.82) is 5.26 Å². The van der Waals surface area contributed by atoms with Crippen molar-refractivity contribution in [3.8, 4) is 6.07 Å². The second kappa shape index (κ2) is 5.81. The molecule has 1 aliphatic heterocycles. The van der Waals surface area contributed by atoms with E-state index < -0.39 is 5.97 Å². The average molecular weight is 262 g/mol. The lowest BCUT2D eigenvalue weighted by atomic mass is 9.97. The molecule has 19 heavy (non-hydrogen) atoms. The highest BCUT2D eigenvalue weighted by molar-refractivity contribution is 5.70. The van der Waals surface area contributed by atoms with Gasteiger partial charge in [-0.2, -0.15) is 5.26 Å². The fourth-order valence-corrected chi connectivity index (χ4v) is 2.44. The van der Waals surface area contributed by atoms with Gasteiger partial charge in [0.05, 0.1) is 17.6 Å². The maximum atomic E-state index is 13.2. The van der Waals surface area contributed by atoms with Crippen molar-refractivity contribution in [2.75, 3.05) is 13.1 Å². The number of nitrogens with zero attached hydrogens (tertiary/aromatic N) is 2. The van der Waals surface area contributed by atoms with Crippen LogP contribution in [0.4, 0.5) is 4.39 Å². The van der Waals surface area contributed by atoms with Gasteiger partial charge in [0, 0.05) is 13.1 Å². The standard InChI is InChI=1S/C14H15FN2O2/c15-13-4-3-10(7-16)12(6-13)9-17-5-1-2-11(8-17)14(18)19/h3-4,6,11H,1-2,5,8-9H2,(H,18,19). The molecule has 1 fully saturated rings. The second-order valence-corrected chi connectivity index (χ2v) is 4.83. The van der Waals surface area contributed by atoms with Crippen LogP contribution in [0.3, 0.4) is 0 Å². The van der Waals surface area contributed by atoms with Gasteiger partial charge in [-0.1, -0.05) is 0 Å². The number of carbonyl (C=O) groups is 1. The number of aliphatic carboxylic acids is 1. The van der Waals surface area contributed by atoms with Crippen LogP contribution in [0.5, 0.6) is 0 Å². The van der Waals surface area contributed by atoms with Crippen LogP contribution in [0.15, 0.2) is 18.2 Å². The van der Waals surface area contributed by atoms with Gasteiger partial charge in [-0.05, 0) is 43.1 Å². The first kappa shape index (κ1) is 13.5. The number of carboxylic acids is 1. The summed E-state index contributed by atoms with van der Waals surface area (Å²) < 4.78 is 13.2. The van der Waals surface area contributed by atoms with Crippen LogP contribution in [-0.2, 0) is 11.3 Å². The summed E-state index contributed by atoms with van der Waals surface area (Å²) in [6.07, 6.45) is 1.49. The van der Waals surface area contributed by atoms with Gasteiger partial charge in [-0.15, -0.1) is 0 Å². The molecule has 100 valence electrons. The van der Waals surface area contributed by atoms with E-state index in [2.05, 4.69) is 0 Å². The van der Waals surface area contributed by atoms with E-state index in [0.29, 0.717) is 30.6 Å². The second-order valence-electron chi connectivity index (χ2n) is 4.83. The normalized spacial score (nSPS) is 19.9. The summed E-state index contributed by atoms with van der Waals surface area (Å²) >= 11 is 0. The van der Waals surface area contributed by atoms with Crippen LogP contribution >= 0.6 is 0 Å². The number of halogens is 1. The van der Waals surface area contributed by atoms with Gasteiger partial charge in [0.2, 0.25) is 0 Å². The molecule has 1 unspecified atom stereocenters. The molecule has 1 saturated heterocycles. The Bertz CT molecular complexity index is 525. The monoisotopic (exact) mass is 262 g/mol. The lowest BCUT2D eigenvalue weighted by molar-refractivity contribution is -0.143. The average Bonchev–Trinajstić information content (AvgIpc) is 2.39. The molecule has 1 N–H and O–H groups in total. The summed E-state index contributed by atoms with van der Waals surface area (Å²) in [7, 11) is 0. The van der Waals surface area contributed by atoms with Gasteiger partial charge in [0.1, 0.15) is 5.82 Å². The number of hydrogen-bond acceptors (Lipinski definition) is 3. The third-order valence-electron chi connectivity index (χ3n) is 3.44. The molecule has 0 aliphatic carbocycles. The molecule has 0 bridgehead atoms. The van der Waals surface area contributed by atoms with E-state index in [-0.39, 0.29) is 11.7 Å². The summed E-state index contributed by atoms with van der Waals surface area (Å²) in [6.45, 7) is 1.66. The number of carboxylic acid groups (broad SMARTS) is 1. The minimum absolute atomic E-state index is 0.368. The maximum absolute atomic E-state index is 13.2.